The number of nitrogens with zero attached hydrogens (tertiary/aromatic N) is 2. The first kappa shape index (κ1) is 24.6. The van der Waals surface area contributed by atoms with Gasteiger partial charge in [-0.1, -0.05) is 50.2 Å². The lowest BCUT2D eigenvalue weighted by Crippen LogP contribution is -2.39. The van der Waals surface area contributed by atoms with E-state index in [0.717, 1.165) is 5.56 Å². The van der Waals surface area contributed by atoms with Crippen LogP contribution in [0, 0.1) is 0 Å². The molecule has 0 atom stereocenters. The largest absolute Gasteiger partial charge is 0.452 e. The zero-order valence-electron chi connectivity index (χ0n) is 18.4. The Morgan fingerprint density at radius 2 is 1.61 bits per heavy atom. The maximum Gasteiger partial charge on any atom is 0.338 e. The summed E-state index contributed by atoms with van der Waals surface area (Å²) in [5.74, 6) is -1.06. The summed E-state index contributed by atoms with van der Waals surface area (Å²) in [5, 5.41) is 0. The van der Waals surface area contributed by atoms with Crippen LogP contribution in [-0.4, -0.2) is 55.2 Å². The lowest BCUT2D eigenvalue weighted by Gasteiger charge is -2.26. The summed E-state index contributed by atoms with van der Waals surface area (Å²) < 4.78 is 31.9. The predicted octanol–water partition coefficient (Wildman–Crippen LogP) is 3.31. The van der Waals surface area contributed by atoms with E-state index in [0.29, 0.717) is 19.6 Å². The second-order valence-electron chi connectivity index (χ2n) is 7.29. The van der Waals surface area contributed by atoms with Crippen molar-refractivity contribution in [2.24, 2.45) is 0 Å². The van der Waals surface area contributed by atoms with Gasteiger partial charge in [0.15, 0.2) is 6.61 Å². The molecule has 0 unspecified atom stereocenters. The van der Waals surface area contributed by atoms with Crippen molar-refractivity contribution in [3.05, 3.63) is 65.7 Å². The Balaban J connectivity index is 2.08. The van der Waals surface area contributed by atoms with Crippen LogP contribution in [0.4, 0.5) is 0 Å². The smallest absolute Gasteiger partial charge is 0.338 e. The van der Waals surface area contributed by atoms with Crippen molar-refractivity contribution in [1.82, 2.24) is 9.21 Å². The zero-order valence-corrected chi connectivity index (χ0v) is 19.3. The highest BCUT2D eigenvalue weighted by Crippen LogP contribution is 2.18. The Morgan fingerprint density at radius 3 is 2.19 bits per heavy atom. The molecular formula is C23H30N2O5S. The van der Waals surface area contributed by atoms with E-state index in [-0.39, 0.29) is 22.4 Å². The summed E-state index contributed by atoms with van der Waals surface area (Å²) in [7, 11) is -3.70. The number of amides is 1. The molecule has 0 aromatic heterocycles. The highest BCUT2D eigenvalue weighted by molar-refractivity contribution is 7.89. The van der Waals surface area contributed by atoms with E-state index in [1.54, 1.807) is 18.7 Å². The molecule has 2 aromatic rings. The number of esters is 1. The third kappa shape index (κ3) is 6.38. The van der Waals surface area contributed by atoms with Gasteiger partial charge in [-0.05, 0) is 37.6 Å². The number of benzene rings is 2. The average molecular weight is 447 g/mol. The zero-order chi connectivity index (χ0) is 23.0. The molecule has 0 bridgehead atoms. The van der Waals surface area contributed by atoms with Crippen LogP contribution in [0.1, 0.15) is 43.6 Å². The molecule has 0 N–H and O–H groups in total. The van der Waals surface area contributed by atoms with Crippen LogP contribution in [0.5, 0.6) is 0 Å². The van der Waals surface area contributed by atoms with E-state index in [1.807, 2.05) is 44.2 Å². The maximum atomic E-state index is 12.7. The van der Waals surface area contributed by atoms with Crippen LogP contribution in [0.25, 0.3) is 0 Å². The Kier molecular flexibility index (Phi) is 8.76. The Morgan fingerprint density at radius 1 is 0.968 bits per heavy atom. The van der Waals surface area contributed by atoms with Gasteiger partial charge in [-0.15, -0.1) is 0 Å². The minimum atomic E-state index is -3.70. The van der Waals surface area contributed by atoms with Gasteiger partial charge in [0.25, 0.3) is 5.91 Å². The molecule has 0 saturated carbocycles. The van der Waals surface area contributed by atoms with Gasteiger partial charge < -0.3 is 9.64 Å². The van der Waals surface area contributed by atoms with E-state index in [1.165, 1.54) is 28.6 Å². The van der Waals surface area contributed by atoms with Crippen LogP contribution >= 0.6 is 0 Å². The van der Waals surface area contributed by atoms with Gasteiger partial charge in [-0.3, -0.25) is 4.79 Å². The minimum absolute atomic E-state index is 0.0184. The Hall–Kier alpha value is -2.71. The maximum absolute atomic E-state index is 12.7. The van der Waals surface area contributed by atoms with Crippen molar-refractivity contribution in [2.75, 3.05) is 19.7 Å². The second-order valence-corrected chi connectivity index (χ2v) is 9.23. The second kappa shape index (κ2) is 11.1. The SMILES string of the molecule is CCN(CC)S(=O)(=O)c1cccc(C(=O)OCC(=O)N(Cc2ccccc2)C(C)C)c1. The standard InChI is InChI=1S/C23H30N2O5S/c1-5-24(6-2)31(28,29)21-14-10-13-20(15-21)23(27)30-17-22(26)25(18(3)4)16-19-11-8-7-9-12-19/h7-15,18H,5-6,16-17H2,1-4H3. The highest BCUT2D eigenvalue weighted by Gasteiger charge is 2.24. The monoisotopic (exact) mass is 446 g/mol. The van der Waals surface area contributed by atoms with E-state index >= 15 is 0 Å². The van der Waals surface area contributed by atoms with Gasteiger partial charge in [-0.2, -0.15) is 4.31 Å². The van der Waals surface area contributed by atoms with E-state index < -0.39 is 22.6 Å². The number of ether oxygens (including phenoxy) is 1. The molecule has 0 aliphatic heterocycles. The van der Waals surface area contributed by atoms with Crippen molar-refractivity contribution in [3.8, 4) is 0 Å². The molecule has 1 amide bonds. The topological polar surface area (TPSA) is 84.0 Å². The minimum Gasteiger partial charge on any atom is -0.452 e. The lowest BCUT2D eigenvalue weighted by atomic mass is 10.2. The number of hydrogen-bond donors (Lipinski definition) is 0. The van der Waals surface area contributed by atoms with Gasteiger partial charge in [0, 0.05) is 25.7 Å². The number of carbonyl (C=O) groups is 2. The predicted molar refractivity (Wildman–Crippen MR) is 119 cm³/mol. The molecule has 31 heavy (non-hydrogen) atoms. The van der Waals surface area contributed by atoms with Crippen molar-refractivity contribution >= 4 is 21.9 Å². The summed E-state index contributed by atoms with van der Waals surface area (Å²) in [5.41, 5.74) is 1.06. The fraction of sp³-hybridized carbons (Fsp3) is 0.391. The van der Waals surface area contributed by atoms with Crippen LogP contribution in [0.15, 0.2) is 59.5 Å². The summed E-state index contributed by atoms with van der Waals surface area (Å²) in [4.78, 5) is 26.8. The molecule has 168 valence electrons. The van der Waals surface area contributed by atoms with Gasteiger partial charge in [0.1, 0.15) is 0 Å². The van der Waals surface area contributed by atoms with Crippen molar-refractivity contribution < 1.29 is 22.7 Å². The number of carbonyl (C=O) groups excluding carboxylic acids is 2. The van der Waals surface area contributed by atoms with Gasteiger partial charge in [-0.25, -0.2) is 13.2 Å². The molecule has 2 aromatic carbocycles. The van der Waals surface area contributed by atoms with Crippen LogP contribution in [0.3, 0.4) is 0 Å². The number of sulfonamides is 1. The molecule has 0 saturated heterocycles. The molecule has 0 radical (unpaired) electrons. The van der Waals surface area contributed by atoms with E-state index in [9.17, 15) is 18.0 Å². The van der Waals surface area contributed by atoms with Crippen LogP contribution < -0.4 is 0 Å². The third-order valence-electron chi connectivity index (χ3n) is 4.88. The highest BCUT2D eigenvalue weighted by atomic mass is 32.2. The Labute approximate surface area is 184 Å². The molecule has 8 heteroatoms. The number of hydrogen-bond acceptors (Lipinski definition) is 5. The first-order valence-corrected chi connectivity index (χ1v) is 11.7. The molecule has 0 spiro atoms. The lowest BCUT2D eigenvalue weighted by molar-refractivity contribution is -0.136. The number of rotatable bonds is 10. The van der Waals surface area contributed by atoms with Gasteiger partial charge in [0.2, 0.25) is 10.0 Å². The molecule has 2 rings (SSSR count). The molecule has 0 aliphatic rings. The fourth-order valence-corrected chi connectivity index (χ4v) is 4.63. The van der Waals surface area contributed by atoms with E-state index in [4.69, 9.17) is 4.74 Å². The fourth-order valence-electron chi connectivity index (χ4n) is 3.13. The van der Waals surface area contributed by atoms with Crippen LogP contribution in [-0.2, 0) is 26.1 Å². The summed E-state index contributed by atoms with van der Waals surface area (Å²) in [6.45, 7) is 7.93. The molecule has 0 fully saturated rings. The molecule has 0 heterocycles. The molecular weight excluding hydrogens is 416 g/mol. The van der Waals surface area contributed by atoms with E-state index in [2.05, 4.69) is 0 Å². The quantitative estimate of drug-likeness (QED) is 0.523. The van der Waals surface area contributed by atoms with Crippen molar-refractivity contribution in [1.29, 1.82) is 0 Å². The third-order valence-corrected chi connectivity index (χ3v) is 6.92. The first-order chi connectivity index (χ1) is 14.7. The molecule has 7 nitrogen and oxygen atoms in total. The first-order valence-electron chi connectivity index (χ1n) is 10.3. The van der Waals surface area contributed by atoms with Crippen molar-refractivity contribution in [3.63, 3.8) is 0 Å². The summed E-state index contributed by atoms with van der Waals surface area (Å²) >= 11 is 0. The molecule has 0 aliphatic carbocycles. The normalized spacial score (nSPS) is 11.5. The summed E-state index contributed by atoms with van der Waals surface area (Å²) in [6, 6.07) is 15.2. The Bertz CT molecular complexity index is 986. The van der Waals surface area contributed by atoms with Gasteiger partial charge >= 0.3 is 5.97 Å². The summed E-state index contributed by atoms with van der Waals surface area (Å²) in [6.07, 6.45) is 0. The average Bonchev–Trinajstić information content (AvgIpc) is 2.76. The van der Waals surface area contributed by atoms with Crippen molar-refractivity contribution in [2.45, 2.75) is 45.2 Å². The van der Waals surface area contributed by atoms with Crippen LogP contribution in [0.2, 0.25) is 0 Å². The van der Waals surface area contributed by atoms with Gasteiger partial charge in [0.05, 0.1) is 10.5 Å².